The highest BCUT2D eigenvalue weighted by atomic mass is 15.3. The zero-order valence-corrected chi connectivity index (χ0v) is 26.7. The Hall–Kier alpha value is -6.58. The maximum Gasteiger partial charge on any atom is 0.101 e. The van der Waals surface area contributed by atoms with Crippen LogP contribution in [0, 0.1) is 0 Å². The van der Waals surface area contributed by atoms with Gasteiger partial charge >= 0.3 is 0 Å². The predicted molar refractivity (Wildman–Crippen MR) is 204 cm³/mol. The van der Waals surface area contributed by atoms with Crippen molar-refractivity contribution in [1.29, 1.82) is 0 Å². The fraction of sp³-hybridized carbons (Fsp3) is 0. The molecule has 3 nitrogen and oxygen atoms in total. The minimum atomic E-state index is 0.947. The largest absolute Gasteiger partial charge is 0.248 e. The first kappa shape index (κ1) is 28.6. The van der Waals surface area contributed by atoms with Crippen LogP contribution in [0.3, 0.4) is 0 Å². The van der Waals surface area contributed by atoms with Crippen LogP contribution in [0.2, 0.25) is 0 Å². The first-order valence-corrected chi connectivity index (χ1v) is 16.6. The Labute approximate surface area is 285 Å². The Kier molecular flexibility index (Phi) is 7.14. The monoisotopic (exact) mass is 625 g/mol. The van der Waals surface area contributed by atoms with Crippen LogP contribution in [-0.4, -0.2) is 14.8 Å². The second-order valence-electron chi connectivity index (χ2n) is 12.3. The molecule has 0 aliphatic rings. The lowest BCUT2D eigenvalue weighted by molar-refractivity contribution is 0.918. The lowest BCUT2D eigenvalue weighted by Gasteiger charge is -2.14. The summed E-state index contributed by atoms with van der Waals surface area (Å²) >= 11 is 0. The third-order valence-electron chi connectivity index (χ3n) is 9.19. The van der Waals surface area contributed by atoms with Gasteiger partial charge < -0.3 is 0 Å². The van der Waals surface area contributed by atoms with Gasteiger partial charge in [0.15, 0.2) is 0 Å². The van der Waals surface area contributed by atoms with Crippen molar-refractivity contribution in [3.05, 3.63) is 188 Å². The van der Waals surface area contributed by atoms with Gasteiger partial charge in [-0.05, 0) is 64.0 Å². The van der Waals surface area contributed by atoms with Crippen molar-refractivity contribution < 1.29 is 0 Å². The highest BCUT2D eigenvalue weighted by Crippen LogP contribution is 2.43. The summed E-state index contributed by atoms with van der Waals surface area (Å²) in [5.74, 6) is 0. The van der Waals surface area contributed by atoms with E-state index in [0.29, 0.717) is 0 Å². The van der Waals surface area contributed by atoms with Crippen LogP contribution < -0.4 is 0 Å². The Morgan fingerprint density at radius 1 is 0.388 bits per heavy atom. The number of pyridine rings is 1. The lowest BCUT2D eigenvalue weighted by atomic mass is 9.92. The van der Waals surface area contributed by atoms with Crippen molar-refractivity contribution in [3.63, 3.8) is 0 Å². The minimum Gasteiger partial charge on any atom is -0.248 e. The molecule has 230 valence electrons. The van der Waals surface area contributed by atoms with Gasteiger partial charge in [-0.1, -0.05) is 152 Å². The van der Waals surface area contributed by atoms with Gasteiger partial charge in [-0.2, -0.15) is 5.10 Å². The van der Waals surface area contributed by atoms with Crippen LogP contribution in [0.25, 0.3) is 83.4 Å². The molecular weight excluding hydrogens is 595 g/mol. The number of benzene rings is 7. The summed E-state index contributed by atoms with van der Waals surface area (Å²) in [6, 6.07) is 66.1. The number of aromatic nitrogens is 3. The van der Waals surface area contributed by atoms with Gasteiger partial charge in [0.25, 0.3) is 0 Å². The van der Waals surface area contributed by atoms with Crippen molar-refractivity contribution >= 4 is 21.7 Å². The molecule has 2 aromatic heterocycles. The molecule has 0 amide bonds. The Bertz CT molecular complexity index is 2500. The van der Waals surface area contributed by atoms with E-state index in [1.807, 2.05) is 12.1 Å². The first-order chi connectivity index (χ1) is 24.3. The summed E-state index contributed by atoms with van der Waals surface area (Å²) in [6.07, 6.45) is 0. The molecule has 0 bridgehead atoms. The molecule has 0 aliphatic heterocycles. The average molecular weight is 626 g/mol. The van der Waals surface area contributed by atoms with E-state index < -0.39 is 0 Å². The van der Waals surface area contributed by atoms with E-state index >= 15 is 0 Å². The standard InChI is InChI=1S/C46H31N3/c1-6-16-32(17-7-1)40-29-37-27-26-36(38-30-42(33-18-8-2-9-19-33)47-43(31-38)34-20-10-3-11-21-34)28-41(37)46-44(40)45(35-22-12-4-13-23-35)48-49(46)39-24-14-5-15-25-39/h1-31H. The molecule has 0 fully saturated rings. The molecule has 7 aromatic carbocycles. The number of nitrogens with zero attached hydrogens (tertiary/aromatic N) is 3. The van der Waals surface area contributed by atoms with Gasteiger partial charge in [-0.3, -0.25) is 0 Å². The molecule has 9 rings (SSSR count). The predicted octanol–water partition coefficient (Wildman–Crippen LogP) is 11.9. The van der Waals surface area contributed by atoms with Crippen molar-refractivity contribution in [1.82, 2.24) is 14.8 Å². The van der Waals surface area contributed by atoms with Crippen LogP contribution in [0.15, 0.2) is 188 Å². The van der Waals surface area contributed by atoms with E-state index in [2.05, 4.69) is 181 Å². The molecule has 0 saturated carbocycles. The van der Waals surface area contributed by atoms with Crippen LogP contribution in [0.5, 0.6) is 0 Å². The number of rotatable bonds is 6. The van der Waals surface area contributed by atoms with Crippen LogP contribution >= 0.6 is 0 Å². The number of fused-ring (bicyclic) bond motifs is 3. The smallest absolute Gasteiger partial charge is 0.101 e. The van der Waals surface area contributed by atoms with E-state index in [1.54, 1.807) is 0 Å². The Morgan fingerprint density at radius 3 is 1.47 bits per heavy atom. The summed E-state index contributed by atoms with van der Waals surface area (Å²) in [6.45, 7) is 0. The molecule has 0 atom stereocenters. The average Bonchev–Trinajstić information content (AvgIpc) is 3.60. The second-order valence-corrected chi connectivity index (χ2v) is 12.3. The van der Waals surface area contributed by atoms with Gasteiger partial charge in [-0.25, -0.2) is 9.67 Å². The third kappa shape index (κ3) is 5.28. The molecule has 2 heterocycles. The minimum absolute atomic E-state index is 0.947. The van der Waals surface area contributed by atoms with Crippen molar-refractivity contribution in [2.24, 2.45) is 0 Å². The fourth-order valence-corrected chi connectivity index (χ4v) is 6.83. The molecule has 0 unspecified atom stereocenters. The summed E-state index contributed by atoms with van der Waals surface area (Å²) in [5.41, 5.74) is 12.8. The Balaban J connectivity index is 1.36. The topological polar surface area (TPSA) is 30.7 Å². The molecule has 0 radical (unpaired) electrons. The van der Waals surface area contributed by atoms with E-state index in [4.69, 9.17) is 10.1 Å². The summed E-state index contributed by atoms with van der Waals surface area (Å²) in [7, 11) is 0. The highest BCUT2D eigenvalue weighted by Gasteiger charge is 2.21. The first-order valence-electron chi connectivity index (χ1n) is 16.6. The lowest BCUT2D eigenvalue weighted by Crippen LogP contribution is -1.97. The highest BCUT2D eigenvalue weighted by molar-refractivity contribution is 6.18. The van der Waals surface area contributed by atoms with E-state index in [9.17, 15) is 0 Å². The SMILES string of the molecule is c1ccc(-c2cc(-c3ccc4cc(-c5ccccc5)c5c(-c6ccccc6)nn(-c6ccccc6)c5c4c3)cc(-c3ccccc3)n2)cc1. The molecular formula is C46H31N3. The van der Waals surface area contributed by atoms with E-state index in [-0.39, 0.29) is 0 Å². The van der Waals surface area contributed by atoms with Gasteiger partial charge in [0.2, 0.25) is 0 Å². The van der Waals surface area contributed by atoms with Gasteiger partial charge in [0.1, 0.15) is 5.69 Å². The molecule has 0 saturated heterocycles. The van der Waals surface area contributed by atoms with Gasteiger partial charge in [0, 0.05) is 27.5 Å². The number of hydrogen-bond donors (Lipinski definition) is 0. The van der Waals surface area contributed by atoms with Gasteiger partial charge in [-0.15, -0.1) is 0 Å². The normalized spacial score (nSPS) is 11.3. The fourth-order valence-electron chi connectivity index (χ4n) is 6.83. The maximum absolute atomic E-state index is 5.38. The van der Waals surface area contributed by atoms with Crippen molar-refractivity contribution in [3.8, 4) is 61.7 Å². The molecule has 9 aromatic rings. The summed E-state index contributed by atoms with van der Waals surface area (Å²) in [4.78, 5) is 5.13. The van der Waals surface area contributed by atoms with Crippen molar-refractivity contribution in [2.75, 3.05) is 0 Å². The van der Waals surface area contributed by atoms with Gasteiger partial charge in [0.05, 0.1) is 22.6 Å². The third-order valence-corrected chi connectivity index (χ3v) is 9.19. The summed E-state index contributed by atoms with van der Waals surface area (Å²) < 4.78 is 2.13. The zero-order valence-electron chi connectivity index (χ0n) is 26.7. The molecule has 0 aliphatic carbocycles. The molecule has 0 N–H and O–H groups in total. The number of para-hydroxylation sites is 1. The number of hydrogen-bond acceptors (Lipinski definition) is 2. The second kappa shape index (κ2) is 12.2. The zero-order chi connectivity index (χ0) is 32.6. The quantitative estimate of drug-likeness (QED) is 0.184. The maximum atomic E-state index is 5.38. The van der Waals surface area contributed by atoms with Crippen LogP contribution in [0.1, 0.15) is 0 Å². The van der Waals surface area contributed by atoms with E-state index in [0.717, 1.165) is 77.8 Å². The van der Waals surface area contributed by atoms with Crippen LogP contribution in [0.4, 0.5) is 0 Å². The van der Waals surface area contributed by atoms with E-state index in [1.165, 1.54) is 5.56 Å². The molecule has 0 spiro atoms. The van der Waals surface area contributed by atoms with Crippen molar-refractivity contribution in [2.45, 2.75) is 0 Å². The Morgan fingerprint density at radius 2 is 0.898 bits per heavy atom. The molecule has 49 heavy (non-hydrogen) atoms. The van der Waals surface area contributed by atoms with Crippen LogP contribution in [-0.2, 0) is 0 Å². The molecule has 3 heteroatoms. The summed E-state index contributed by atoms with van der Waals surface area (Å²) in [5, 5.41) is 8.82.